The number of nitrogens with zero attached hydrogens (tertiary/aromatic N) is 1. The summed E-state index contributed by atoms with van der Waals surface area (Å²) in [6.45, 7) is 4.80. The zero-order valence-electron chi connectivity index (χ0n) is 12.6. The largest absolute Gasteiger partial charge is 0.300 e. The van der Waals surface area contributed by atoms with E-state index >= 15 is 0 Å². The molecule has 0 bridgehead atoms. The third kappa shape index (κ3) is 6.45. The van der Waals surface area contributed by atoms with E-state index in [1.54, 1.807) is 0 Å². The number of halogens is 2. The van der Waals surface area contributed by atoms with Gasteiger partial charge in [-0.2, -0.15) is 5.26 Å². The number of benzene rings is 1. The summed E-state index contributed by atoms with van der Waals surface area (Å²) in [5.41, 5.74) is -0.495. The molecule has 0 aromatic heterocycles. The van der Waals surface area contributed by atoms with Gasteiger partial charge in [-0.1, -0.05) is 6.92 Å². The predicted molar refractivity (Wildman–Crippen MR) is 83.2 cm³/mol. The minimum Gasteiger partial charge on any atom is -0.300 e. The van der Waals surface area contributed by atoms with Gasteiger partial charge >= 0.3 is 0 Å². The van der Waals surface area contributed by atoms with Gasteiger partial charge in [0, 0.05) is 4.90 Å². The molecular formula is C16H22F2N2S. The first kappa shape index (κ1) is 17.9. The van der Waals surface area contributed by atoms with Crippen molar-refractivity contribution in [3.8, 4) is 6.07 Å². The lowest BCUT2D eigenvalue weighted by Gasteiger charge is -2.22. The second-order valence-electron chi connectivity index (χ2n) is 5.25. The quantitative estimate of drug-likeness (QED) is 0.538. The van der Waals surface area contributed by atoms with Crippen LogP contribution in [0.25, 0.3) is 0 Å². The first-order valence-electron chi connectivity index (χ1n) is 7.25. The summed E-state index contributed by atoms with van der Waals surface area (Å²) < 4.78 is 26.4. The van der Waals surface area contributed by atoms with Crippen LogP contribution in [-0.4, -0.2) is 17.8 Å². The Labute approximate surface area is 129 Å². The van der Waals surface area contributed by atoms with Crippen molar-refractivity contribution in [2.45, 2.75) is 50.0 Å². The Morgan fingerprint density at radius 1 is 1.33 bits per heavy atom. The van der Waals surface area contributed by atoms with Crippen LogP contribution in [0.1, 0.15) is 39.5 Å². The van der Waals surface area contributed by atoms with Crippen LogP contribution in [0.4, 0.5) is 8.78 Å². The highest BCUT2D eigenvalue weighted by Gasteiger charge is 2.21. The number of unbranched alkanes of at least 4 members (excludes halogenated alkanes) is 1. The SMILES string of the molecule is CCCNC(C)(C#N)CCCCSc1cc(F)ccc1F. The molecule has 116 valence electrons. The highest BCUT2D eigenvalue weighted by atomic mass is 32.2. The number of thioether (sulfide) groups is 1. The first-order valence-corrected chi connectivity index (χ1v) is 8.23. The molecule has 0 saturated carbocycles. The molecule has 1 atom stereocenters. The van der Waals surface area contributed by atoms with Crippen molar-refractivity contribution in [1.29, 1.82) is 5.26 Å². The summed E-state index contributed by atoms with van der Waals surface area (Å²) in [6, 6.07) is 5.81. The van der Waals surface area contributed by atoms with Gasteiger partial charge in [0.1, 0.15) is 17.2 Å². The molecule has 1 aromatic rings. The molecule has 0 aliphatic rings. The van der Waals surface area contributed by atoms with Crippen molar-refractivity contribution in [3.63, 3.8) is 0 Å². The number of nitrogens with one attached hydrogen (secondary N) is 1. The summed E-state index contributed by atoms with van der Waals surface area (Å²) in [5.74, 6) is -0.0806. The normalized spacial score (nSPS) is 13.7. The van der Waals surface area contributed by atoms with E-state index in [4.69, 9.17) is 0 Å². The van der Waals surface area contributed by atoms with Crippen molar-refractivity contribution in [2.24, 2.45) is 0 Å². The lowest BCUT2D eigenvalue weighted by atomic mass is 9.96. The predicted octanol–water partition coefficient (Wildman–Crippen LogP) is 4.51. The Balaban J connectivity index is 2.31. The standard InChI is InChI=1S/C16H22F2N2S/c1-3-9-20-16(2,12-19)8-4-5-10-21-15-11-13(17)6-7-14(15)18/h6-7,11,20H,3-5,8-10H2,1-2H3. The van der Waals surface area contributed by atoms with Gasteiger partial charge in [-0.3, -0.25) is 5.32 Å². The van der Waals surface area contributed by atoms with Crippen LogP contribution in [0, 0.1) is 23.0 Å². The number of hydrogen-bond acceptors (Lipinski definition) is 3. The highest BCUT2D eigenvalue weighted by Crippen LogP contribution is 2.24. The monoisotopic (exact) mass is 312 g/mol. The number of hydrogen-bond donors (Lipinski definition) is 1. The van der Waals surface area contributed by atoms with Gasteiger partial charge in [0.25, 0.3) is 0 Å². The Bertz CT molecular complexity index is 488. The molecule has 0 aliphatic carbocycles. The Morgan fingerprint density at radius 3 is 2.76 bits per heavy atom. The van der Waals surface area contributed by atoms with Crippen LogP contribution in [0.15, 0.2) is 23.1 Å². The van der Waals surface area contributed by atoms with Gasteiger partial charge in [-0.15, -0.1) is 11.8 Å². The van der Waals surface area contributed by atoms with E-state index in [-0.39, 0.29) is 5.82 Å². The van der Waals surface area contributed by atoms with Gasteiger partial charge in [0.15, 0.2) is 0 Å². The number of nitriles is 1. The summed E-state index contributed by atoms with van der Waals surface area (Å²) in [7, 11) is 0. The van der Waals surface area contributed by atoms with Crippen LogP contribution >= 0.6 is 11.8 Å². The lowest BCUT2D eigenvalue weighted by Crippen LogP contribution is -2.41. The Kier molecular flexibility index (Phi) is 7.69. The molecule has 0 saturated heterocycles. The fourth-order valence-corrected chi connectivity index (χ4v) is 2.91. The second kappa shape index (κ2) is 9.01. The van der Waals surface area contributed by atoms with Gasteiger partial charge in [0.05, 0.1) is 6.07 Å². The van der Waals surface area contributed by atoms with Gasteiger partial charge in [0.2, 0.25) is 0 Å². The molecule has 0 aliphatic heterocycles. The maximum Gasteiger partial charge on any atom is 0.136 e. The van der Waals surface area contributed by atoms with E-state index in [1.165, 1.54) is 17.8 Å². The number of rotatable bonds is 9. The smallest absolute Gasteiger partial charge is 0.136 e. The summed E-state index contributed by atoms with van der Waals surface area (Å²) in [6.07, 6.45) is 3.50. The molecule has 0 radical (unpaired) electrons. The Morgan fingerprint density at radius 2 is 2.10 bits per heavy atom. The van der Waals surface area contributed by atoms with E-state index < -0.39 is 11.4 Å². The van der Waals surface area contributed by atoms with Crippen molar-refractivity contribution >= 4 is 11.8 Å². The zero-order chi connectivity index (χ0) is 15.7. The molecule has 21 heavy (non-hydrogen) atoms. The van der Waals surface area contributed by atoms with Crippen molar-refractivity contribution in [3.05, 3.63) is 29.8 Å². The van der Waals surface area contributed by atoms with Crippen LogP contribution < -0.4 is 5.32 Å². The highest BCUT2D eigenvalue weighted by molar-refractivity contribution is 7.99. The molecular weight excluding hydrogens is 290 g/mol. The zero-order valence-corrected chi connectivity index (χ0v) is 13.4. The third-order valence-corrected chi connectivity index (χ3v) is 4.35. The average Bonchev–Trinajstić information content (AvgIpc) is 2.48. The van der Waals surface area contributed by atoms with E-state index in [1.807, 2.05) is 6.92 Å². The van der Waals surface area contributed by atoms with Gasteiger partial charge in [-0.25, -0.2) is 8.78 Å². The minimum atomic E-state index is -0.495. The fourth-order valence-electron chi connectivity index (χ4n) is 1.94. The van der Waals surface area contributed by atoms with Crippen LogP contribution in [0.5, 0.6) is 0 Å². The van der Waals surface area contributed by atoms with Crippen LogP contribution in [-0.2, 0) is 0 Å². The molecule has 0 amide bonds. The topological polar surface area (TPSA) is 35.8 Å². The second-order valence-corrected chi connectivity index (χ2v) is 6.39. The van der Waals surface area contributed by atoms with E-state index in [0.717, 1.165) is 50.1 Å². The summed E-state index contributed by atoms with van der Waals surface area (Å²) in [4.78, 5) is 0.349. The molecule has 0 spiro atoms. The van der Waals surface area contributed by atoms with Gasteiger partial charge < -0.3 is 0 Å². The maximum absolute atomic E-state index is 13.4. The average molecular weight is 312 g/mol. The molecule has 1 aromatic carbocycles. The minimum absolute atomic E-state index is 0.349. The molecule has 1 N–H and O–H groups in total. The lowest BCUT2D eigenvalue weighted by molar-refractivity contribution is 0.406. The van der Waals surface area contributed by atoms with Crippen molar-refractivity contribution in [2.75, 3.05) is 12.3 Å². The first-order chi connectivity index (χ1) is 10.0. The van der Waals surface area contributed by atoms with Gasteiger partial charge in [-0.05, 0) is 63.1 Å². The maximum atomic E-state index is 13.4. The van der Waals surface area contributed by atoms with E-state index in [2.05, 4.69) is 18.3 Å². The van der Waals surface area contributed by atoms with Crippen LogP contribution in [0.2, 0.25) is 0 Å². The summed E-state index contributed by atoms with van der Waals surface area (Å²) >= 11 is 1.32. The van der Waals surface area contributed by atoms with Crippen LogP contribution in [0.3, 0.4) is 0 Å². The summed E-state index contributed by atoms with van der Waals surface area (Å²) in [5, 5.41) is 12.4. The molecule has 1 rings (SSSR count). The molecule has 0 fully saturated rings. The fraction of sp³-hybridized carbons (Fsp3) is 0.562. The molecule has 5 heteroatoms. The van der Waals surface area contributed by atoms with Crippen molar-refractivity contribution < 1.29 is 8.78 Å². The Hall–Kier alpha value is -1.12. The molecule has 0 heterocycles. The van der Waals surface area contributed by atoms with E-state index in [0.29, 0.717) is 4.90 Å². The third-order valence-electron chi connectivity index (χ3n) is 3.23. The molecule has 1 unspecified atom stereocenters. The van der Waals surface area contributed by atoms with Crippen molar-refractivity contribution in [1.82, 2.24) is 5.32 Å². The van der Waals surface area contributed by atoms with E-state index in [9.17, 15) is 14.0 Å². The molecule has 2 nitrogen and oxygen atoms in total.